The van der Waals surface area contributed by atoms with E-state index < -0.39 is 35.7 Å². The van der Waals surface area contributed by atoms with Crippen LogP contribution in [0.1, 0.15) is 55.6 Å². The van der Waals surface area contributed by atoms with Crippen molar-refractivity contribution in [3.05, 3.63) is 23.5 Å². The minimum Gasteiger partial charge on any atom is -0.452 e. The topological polar surface area (TPSA) is 101 Å². The van der Waals surface area contributed by atoms with Crippen molar-refractivity contribution in [1.29, 1.82) is 0 Å². The number of pyridine rings is 1. The van der Waals surface area contributed by atoms with Crippen LogP contribution in [0.15, 0.2) is 12.3 Å². The number of carbonyl (C=O) groups excluding carboxylic acids is 2. The zero-order valence-corrected chi connectivity index (χ0v) is 16.1. The van der Waals surface area contributed by atoms with Gasteiger partial charge in [-0.3, -0.25) is 14.6 Å². The van der Waals surface area contributed by atoms with E-state index in [2.05, 4.69) is 15.6 Å². The quantitative estimate of drug-likeness (QED) is 0.616. The van der Waals surface area contributed by atoms with Gasteiger partial charge < -0.3 is 20.5 Å². The first-order valence-electron chi connectivity index (χ1n) is 8.77. The maximum absolute atomic E-state index is 14.0. The van der Waals surface area contributed by atoms with Crippen LogP contribution in [0.2, 0.25) is 0 Å². The highest BCUT2D eigenvalue weighted by atomic mass is 19.3. The average molecular weight is 403 g/mol. The number of alkyl halides is 3. The van der Waals surface area contributed by atoms with Crippen LogP contribution in [0.4, 0.5) is 13.2 Å². The zero-order valence-electron chi connectivity index (χ0n) is 16.1. The standard InChI is InChI=1S/C18H24F3N3O4/c1-17(2,27)13(15(26)22-4)24-14(25)11-7-12(28-18(3,21)16(19)20)10(8-23-11)9-5-6-9/h7-9,13,16,27H,5-6H2,1-4H3,(H,22,26)(H,24,25)/t13?,18-/m1/s1. The minimum atomic E-state index is -3.39. The van der Waals surface area contributed by atoms with E-state index in [1.165, 1.54) is 27.1 Å². The summed E-state index contributed by atoms with van der Waals surface area (Å²) in [7, 11) is 1.34. The Morgan fingerprint density at radius 2 is 1.93 bits per heavy atom. The molecule has 1 unspecified atom stereocenters. The number of hydrogen-bond acceptors (Lipinski definition) is 5. The van der Waals surface area contributed by atoms with Gasteiger partial charge in [-0.15, -0.1) is 0 Å². The number of carbonyl (C=O) groups is 2. The molecule has 2 rings (SSSR count). The van der Waals surface area contributed by atoms with Gasteiger partial charge in [0.2, 0.25) is 5.91 Å². The molecule has 28 heavy (non-hydrogen) atoms. The van der Waals surface area contributed by atoms with E-state index in [-0.39, 0.29) is 17.4 Å². The summed E-state index contributed by atoms with van der Waals surface area (Å²) in [5.41, 5.74) is -1.41. The Labute approximate surface area is 160 Å². The van der Waals surface area contributed by atoms with Crippen molar-refractivity contribution < 1.29 is 32.6 Å². The summed E-state index contributed by atoms with van der Waals surface area (Å²) in [6.45, 7) is 3.27. The molecule has 3 N–H and O–H groups in total. The number of nitrogens with one attached hydrogen (secondary N) is 2. The lowest BCUT2D eigenvalue weighted by Crippen LogP contribution is -2.57. The summed E-state index contributed by atoms with van der Waals surface area (Å²) in [6, 6.07) is -0.235. The number of amides is 2. The van der Waals surface area contributed by atoms with Crippen LogP contribution in [0.3, 0.4) is 0 Å². The van der Waals surface area contributed by atoms with E-state index in [1.807, 2.05) is 0 Å². The van der Waals surface area contributed by atoms with Crippen molar-refractivity contribution in [3.63, 3.8) is 0 Å². The molecular formula is C18H24F3N3O4. The number of ether oxygens (including phenoxy) is 1. The van der Waals surface area contributed by atoms with Gasteiger partial charge in [0, 0.05) is 31.8 Å². The average Bonchev–Trinajstić information content (AvgIpc) is 3.42. The van der Waals surface area contributed by atoms with Crippen molar-refractivity contribution in [2.75, 3.05) is 7.05 Å². The minimum absolute atomic E-state index is 0.00285. The summed E-state index contributed by atoms with van der Waals surface area (Å²) < 4.78 is 44.6. The van der Waals surface area contributed by atoms with E-state index in [0.29, 0.717) is 12.5 Å². The van der Waals surface area contributed by atoms with Gasteiger partial charge in [-0.05, 0) is 32.6 Å². The molecule has 1 aromatic heterocycles. The Morgan fingerprint density at radius 3 is 2.39 bits per heavy atom. The first-order valence-corrected chi connectivity index (χ1v) is 8.77. The Kier molecular flexibility index (Phi) is 6.22. The monoisotopic (exact) mass is 403 g/mol. The molecule has 0 saturated heterocycles. The molecule has 1 aliphatic carbocycles. The number of aliphatic hydroxyl groups is 1. The van der Waals surface area contributed by atoms with Gasteiger partial charge in [-0.1, -0.05) is 0 Å². The maximum Gasteiger partial charge on any atom is 0.306 e. The van der Waals surface area contributed by atoms with E-state index in [9.17, 15) is 27.9 Å². The largest absolute Gasteiger partial charge is 0.452 e. The summed E-state index contributed by atoms with van der Waals surface area (Å²) in [6.07, 6.45) is -0.558. The molecule has 0 bridgehead atoms. The second-order valence-electron chi connectivity index (χ2n) is 7.44. The van der Waals surface area contributed by atoms with Crippen molar-refractivity contribution in [2.24, 2.45) is 0 Å². The molecule has 7 nitrogen and oxygen atoms in total. The Balaban J connectivity index is 2.31. The summed E-state index contributed by atoms with van der Waals surface area (Å²) >= 11 is 0. The predicted octanol–water partition coefficient (Wildman–Crippen LogP) is 1.90. The number of aromatic nitrogens is 1. The third-order valence-corrected chi connectivity index (χ3v) is 4.33. The van der Waals surface area contributed by atoms with E-state index in [1.54, 1.807) is 0 Å². The predicted molar refractivity (Wildman–Crippen MR) is 94.0 cm³/mol. The molecule has 2 atom stereocenters. The highest BCUT2D eigenvalue weighted by Crippen LogP contribution is 2.45. The second kappa shape index (κ2) is 7.94. The molecule has 10 heteroatoms. The molecule has 1 fully saturated rings. The van der Waals surface area contributed by atoms with E-state index >= 15 is 0 Å². The first kappa shape index (κ1) is 21.9. The highest BCUT2D eigenvalue weighted by Gasteiger charge is 2.40. The summed E-state index contributed by atoms with van der Waals surface area (Å²) in [5, 5.41) is 14.8. The zero-order chi connectivity index (χ0) is 21.3. The van der Waals surface area contributed by atoms with Crippen molar-refractivity contribution >= 4 is 11.8 Å². The number of hydrogen-bond donors (Lipinski definition) is 3. The molecule has 0 radical (unpaired) electrons. The van der Waals surface area contributed by atoms with Gasteiger partial charge in [-0.25, -0.2) is 8.78 Å². The van der Waals surface area contributed by atoms with Gasteiger partial charge in [0.15, 0.2) is 0 Å². The van der Waals surface area contributed by atoms with Crippen LogP contribution < -0.4 is 15.4 Å². The lowest BCUT2D eigenvalue weighted by atomic mass is 9.98. The Hall–Kier alpha value is -2.36. The van der Waals surface area contributed by atoms with E-state index in [4.69, 9.17) is 4.74 Å². The fourth-order valence-corrected chi connectivity index (χ4v) is 2.53. The molecule has 156 valence electrons. The maximum atomic E-state index is 14.0. The van der Waals surface area contributed by atoms with Gasteiger partial charge in [-0.2, -0.15) is 4.39 Å². The van der Waals surface area contributed by atoms with Gasteiger partial charge in [0.1, 0.15) is 17.5 Å². The molecule has 0 spiro atoms. The first-order chi connectivity index (χ1) is 12.9. The van der Waals surface area contributed by atoms with Crippen LogP contribution in [-0.4, -0.2) is 52.9 Å². The van der Waals surface area contributed by atoms with Gasteiger partial charge in [0.05, 0.1) is 5.60 Å². The summed E-state index contributed by atoms with van der Waals surface area (Å²) in [5.74, 6) is -4.92. The number of likely N-dealkylation sites (N-methyl/N-ethyl adjacent to an activating group) is 1. The van der Waals surface area contributed by atoms with Crippen LogP contribution >= 0.6 is 0 Å². The molecule has 1 aliphatic rings. The van der Waals surface area contributed by atoms with Gasteiger partial charge >= 0.3 is 12.3 Å². The SMILES string of the molecule is CNC(=O)C(NC(=O)c1cc(O[C@@](C)(F)C(F)F)c(C2CC2)cn1)C(C)(C)O. The number of halogens is 3. The Bertz CT molecular complexity index is 746. The van der Waals surface area contributed by atoms with E-state index in [0.717, 1.165) is 18.9 Å². The van der Waals surface area contributed by atoms with Crippen LogP contribution in [0.5, 0.6) is 5.75 Å². The third kappa shape index (κ3) is 5.12. The van der Waals surface area contributed by atoms with Crippen molar-refractivity contribution in [3.8, 4) is 5.75 Å². The molecule has 2 amide bonds. The molecule has 0 aliphatic heterocycles. The number of nitrogens with zero attached hydrogens (tertiary/aromatic N) is 1. The normalized spacial score (nSPS) is 17.6. The van der Waals surface area contributed by atoms with Gasteiger partial charge in [0.25, 0.3) is 5.91 Å². The second-order valence-corrected chi connectivity index (χ2v) is 7.44. The molecule has 0 aromatic carbocycles. The molecule has 1 aromatic rings. The van der Waals surface area contributed by atoms with Crippen LogP contribution in [-0.2, 0) is 4.79 Å². The Morgan fingerprint density at radius 1 is 1.32 bits per heavy atom. The molecule has 1 heterocycles. The lowest BCUT2D eigenvalue weighted by molar-refractivity contribution is -0.153. The fourth-order valence-electron chi connectivity index (χ4n) is 2.53. The smallest absolute Gasteiger partial charge is 0.306 e. The van der Waals surface area contributed by atoms with Crippen molar-refractivity contribution in [1.82, 2.24) is 15.6 Å². The summed E-state index contributed by atoms with van der Waals surface area (Å²) in [4.78, 5) is 28.4. The number of rotatable bonds is 8. The van der Waals surface area contributed by atoms with Crippen LogP contribution in [0.25, 0.3) is 0 Å². The van der Waals surface area contributed by atoms with Crippen molar-refractivity contribution in [2.45, 2.75) is 63.5 Å². The lowest BCUT2D eigenvalue weighted by Gasteiger charge is -2.28. The molecular weight excluding hydrogens is 379 g/mol. The highest BCUT2D eigenvalue weighted by molar-refractivity contribution is 5.96. The fraction of sp³-hybridized carbons (Fsp3) is 0.611. The van der Waals surface area contributed by atoms with Crippen LogP contribution in [0, 0.1) is 0 Å². The third-order valence-electron chi connectivity index (χ3n) is 4.33. The molecule has 1 saturated carbocycles.